The number of oxazole rings is 1. The Morgan fingerprint density at radius 1 is 0.903 bits per heavy atom. The predicted molar refractivity (Wildman–Crippen MR) is 120 cm³/mol. The number of sulfone groups is 1. The minimum absolute atomic E-state index is 0.0328. The Kier molecular flexibility index (Phi) is 4.87. The number of aryl methyl sites for hydroxylation is 1. The summed E-state index contributed by atoms with van der Waals surface area (Å²) in [6.07, 6.45) is 0.821. The predicted octanol–water partition coefficient (Wildman–Crippen LogP) is 5.05. The van der Waals surface area contributed by atoms with Crippen molar-refractivity contribution in [3.8, 4) is 11.5 Å². The molecule has 3 aromatic carbocycles. The molecule has 1 aliphatic rings. The largest absolute Gasteiger partial charge is 0.419 e. The summed E-state index contributed by atoms with van der Waals surface area (Å²) in [4.78, 5) is 6.69. The molecule has 0 N–H and O–H groups in total. The molecular weight excluding hydrogens is 408 g/mol. The van der Waals surface area contributed by atoms with E-state index in [0.29, 0.717) is 24.9 Å². The molecule has 0 saturated carbocycles. The van der Waals surface area contributed by atoms with E-state index in [-0.39, 0.29) is 9.92 Å². The summed E-state index contributed by atoms with van der Waals surface area (Å²) in [5.41, 5.74) is 4.26. The van der Waals surface area contributed by atoms with Gasteiger partial charge in [-0.05, 0) is 48.7 Å². The first-order chi connectivity index (χ1) is 15.0. The van der Waals surface area contributed by atoms with Gasteiger partial charge in [0.15, 0.2) is 0 Å². The topological polar surface area (TPSA) is 63.4 Å². The van der Waals surface area contributed by atoms with Crippen LogP contribution in [0.15, 0.2) is 93.2 Å². The monoisotopic (exact) mass is 430 g/mol. The Morgan fingerprint density at radius 2 is 1.65 bits per heavy atom. The third-order valence-corrected chi connectivity index (χ3v) is 7.24. The Labute approximate surface area is 181 Å². The van der Waals surface area contributed by atoms with Gasteiger partial charge in [0.05, 0.1) is 4.90 Å². The van der Waals surface area contributed by atoms with Crippen LogP contribution in [0, 0.1) is 6.92 Å². The van der Waals surface area contributed by atoms with Gasteiger partial charge in [-0.2, -0.15) is 4.98 Å². The molecule has 0 saturated heterocycles. The van der Waals surface area contributed by atoms with E-state index in [1.54, 1.807) is 30.3 Å². The SMILES string of the molecule is Cc1cccc(-c2nc(S(=O)(=O)c3ccccc3)c(N3CCc4ccccc4C3)o2)c1. The van der Waals surface area contributed by atoms with E-state index < -0.39 is 9.84 Å². The number of rotatable bonds is 4. The van der Waals surface area contributed by atoms with Crippen LogP contribution in [0.1, 0.15) is 16.7 Å². The molecule has 0 amide bonds. The van der Waals surface area contributed by atoms with Gasteiger partial charge in [-0.1, -0.05) is 60.2 Å². The third kappa shape index (κ3) is 3.64. The van der Waals surface area contributed by atoms with Gasteiger partial charge in [-0.25, -0.2) is 8.42 Å². The van der Waals surface area contributed by atoms with E-state index in [4.69, 9.17) is 4.42 Å². The van der Waals surface area contributed by atoms with Crippen molar-refractivity contribution in [3.05, 3.63) is 95.6 Å². The molecule has 2 heterocycles. The smallest absolute Gasteiger partial charge is 0.236 e. The van der Waals surface area contributed by atoms with Gasteiger partial charge in [-0.3, -0.25) is 0 Å². The molecule has 0 fully saturated rings. The first kappa shape index (κ1) is 19.6. The highest BCUT2D eigenvalue weighted by Gasteiger charge is 2.32. The van der Waals surface area contributed by atoms with Crippen molar-refractivity contribution in [2.24, 2.45) is 0 Å². The lowest BCUT2D eigenvalue weighted by atomic mass is 10.0. The van der Waals surface area contributed by atoms with Crippen molar-refractivity contribution in [3.63, 3.8) is 0 Å². The van der Waals surface area contributed by atoms with Crippen LogP contribution in [0.5, 0.6) is 0 Å². The van der Waals surface area contributed by atoms with Crippen LogP contribution in [-0.2, 0) is 22.8 Å². The van der Waals surface area contributed by atoms with Crippen LogP contribution in [0.4, 0.5) is 5.88 Å². The van der Waals surface area contributed by atoms with Crippen LogP contribution < -0.4 is 4.90 Å². The van der Waals surface area contributed by atoms with Gasteiger partial charge in [0, 0.05) is 18.7 Å². The molecule has 1 aromatic heterocycles. The molecule has 4 aromatic rings. The van der Waals surface area contributed by atoms with E-state index in [9.17, 15) is 8.42 Å². The summed E-state index contributed by atoms with van der Waals surface area (Å²) in [7, 11) is -3.84. The average Bonchev–Trinajstić information content (AvgIpc) is 3.26. The molecule has 5 rings (SSSR count). The number of nitrogens with zero attached hydrogens (tertiary/aromatic N) is 2. The van der Waals surface area contributed by atoms with E-state index >= 15 is 0 Å². The molecule has 1 aliphatic heterocycles. The van der Waals surface area contributed by atoms with Crippen LogP contribution in [0.25, 0.3) is 11.5 Å². The second-order valence-corrected chi connectivity index (χ2v) is 9.62. The maximum Gasteiger partial charge on any atom is 0.236 e. The normalized spacial score (nSPS) is 13.8. The van der Waals surface area contributed by atoms with E-state index in [0.717, 1.165) is 17.5 Å². The summed E-state index contributed by atoms with van der Waals surface area (Å²) in [5.74, 6) is 0.613. The Morgan fingerprint density at radius 3 is 2.42 bits per heavy atom. The number of anilines is 1. The molecule has 31 heavy (non-hydrogen) atoms. The lowest BCUT2D eigenvalue weighted by Gasteiger charge is -2.28. The van der Waals surface area contributed by atoms with Crippen LogP contribution in [0.3, 0.4) is 0 Å². The molecule has 5 nitrogen and oxygen atoms in total. The van der Waals surface area contributed by atoms with Gasteiger partial charge in [0.1, 0.15) is 0 Å². The molecule has 0 atom stereocenters. The lowest BCUT2D eigenvalue weighted by molar-refractivity contribution is 0.533. The first-order valence-electron chi connectivity index (χ1n) is 10.2. The van der Waals surface area contributed by atoms with Crippen molar-refractivity contribution in [2.75, 3.05) is 11.4 Å². The second-order valence-electron chi connectivity index (χ2n) is 7.76. The van der Waals surface area contributed by atoms with Crippen LogP contribution in [-0.4, -0.2) is 19.9 Å². The fourth-order valence-electron chi connectivity index (χ4n) is 3.95. The highest BCUT2D eigenvalue weighted by molar-refractivity contribution is 7.91. The summed E-state index contributed by atoms with van der Waals surface area (Å²) in [6.45, 7) is 3.23. The summed E-state index contributed by atoms with van der Waals surface area (Å²) in [5, 5.41) is -0.0328. The number of benzene rings is 3. The third-order valence-electron chi connectivity index (χ3n) is 5.57. The number of hydrogen-bond donors (Lipinski definition) is 0. The Bertz CT molecular complexity index is 1340. The molecular formula is C25H22N2O3S. The fraction of sp³-hybridized carbons (Fsp3) is 0.160. The number of aromatic nitrogens is 1. The van der Waals surface area contributed by atoms with Crippen molar-refractivity contribution >= 4 is 15.7 Å². The van der Waals surface area contributed by atoms with Gasteiger partial charge in [0.2, 0.25) is 26.6 Å². The number of hydrogen-bond acceptors (Lipinski definition) is 5. The van der Waals surface area contributed by atoms with Crippen molar-refractivity contribution in [2.45, 2.75) is 29.8 Å². The highest BCUT2D eigenvalue weighted by atomic mass is 32.2. The fourth-order valence-corrected chi connectivity index (χ4v) is 5.30. The molecule has 0 unspecified atom stereocenters. The first-order valence-corrected chi connectivity index (χ1v) is 11.7. The van der Waals surface area contributed by atoms with E-state index in [1.807, 2.05) is 48.2 Å². The van der Waals surface area contributed by atoms with Crippen molar-refractivity contribution < 1.29 is 12.8 Å². The Hall–Kier alpha value is -3.38. The average molecular weight is 431 g/mol. The molecule has 156 valence electrons. The van der Waals surface area contributed by atoms with E-state index in [1.165, 1.54) is 11.1 Å². The lowest BCUT2D eigenvalue weighted by Crippen LogP contribution is -2.31. The van der Waals surface area contributed by atoms with Gasteiger partial charge in [-0.15, -0.1) is 0 Å². The molecule has 0 bridgehead atoms. The van der Waals surface area contributed by atoms with Crippen LogP contribution >= 0.6 is 0 Å². The minimum Gasteiger partial charge on any atom is -0.419 e. The van der Waals surface area contributed by atoms with E-state index in [2.05, 4.69) is 17.1 Å². The molecule has 0 spiro atoms. The quantitative estimate of drug-likeness (QED) is 0.454. The van der Waals surface area contributed by atoms with Crippen molar-refractivity contribution in [1.82, 2.24) is 4.98 Å². The summed E-state index contributed by atoms with van der Waals surface area (Å²) >= 11 is 0. The number of fused-ring (bicyclic) bond motifs is 1. The molecule has 0 aliphatic carbocycles. The maximum atomic E-state index is 13.5. The van der Waals surface area contributed by atoms with Crippen LogP contribution in [0.2, 0.25) is 0 Å². The molecule has 0 radical (unpaired) electrons. The zero-order valence-corrected chi connectivity index (χ0v) is 18.0. The standard InChI is InChI=1S/C25H22N2O3S/c1-18-8-7-11-20(16-18)23-26-24(31(28,29)22-12-3-2-4-13-22)25(30-23)27-15-14-19-9-5-6-10-21(19)17-27/h2-13,16H,14-15,17H2,1H3. The summed E-state index contributed by atoms with van der Waals surface area (Å²) in [6, 6.07) is 24.3. The second kappa shape index (κ2) is 7.71. The van der Waals surface area contributed by atoms with Gasteiger partial charge < -0.3 is 9.32 Å². The van der Waals surface area contributed by atoms with Crippen molar-refractivity contribution in [1.29, 1.82) is 0 Å². The van der Waals surface area contributed by atoms with Gasteiger partial charge >= 0.3 is 0 Å². The highest BCUT2D eigenvalue weighted by Crippen LogP contribution is 2.36. The zero-order chi connectivity index (χ0) is 21.4. The zero-order valence-electron chi connectivity index (χ0n) is 17.2. The Balaban J connectivity index is 1.64. The maximum absolute atomic E-state index is 13.5. The van der Waals surface area contributed by atoms with Gasteiger partial charge in [0.25, 0.3) is 0 Å². The molecule has 6 heteroatoms. The minimum atomic E-state index is -3.84. The summed E-state index contributed by atoms with van der Waals surface area (Å²) < 4.78 is 33.2.